The van der Waals surface area contributed by atoms with Crippen molar-refractivity contribution in [2.45, 2.75) is 85.9 Å². The van der Waals surface area contributed by atoms with Crippen molar-refractivity contribution in [1.82, 2.24) is 0 Å². The van der Waals surface area contributed by atoms with Gasteiger partial charge in [0.05, 0.1) is 18.8 Å². The molecule has 1 saturated carbocycles. The molecule has 0 aromatic carbocycles. The average molecular weight is 318 g/mol. The molecule has 1 saturated heterocycles. The minimum Gasteiger partial charge on any atom is -0.464 e. The van der Waals surface area contributed by atoms with Crippen LogP contribution < -0.4 is 0 Å². The van der Waals surface area contributed by atoms with Gasteiger partial charge in [0.1, 0.15) is 12.7 Å². The maximum Gasteiger partial charge on any atom is 0.332 e. The van der Waals surface area contributed by atoms with Crippen LogP contribution in [0.3, 0.4) is 0 Å². The summed E-state index contributed by atoms with van der Waals surface area (Å²) in [6.07, 6.45) is 0.748. The lowest BCUT2D eigenvalue weighted by atomic mass is 10.1. The van der Waals surface area contributed by atoms with Gasteiger partial charge in [-0.3, -0.25) is 0 Å². The van der Waals surface area contributed by atoms with Crippen LogP contribution >= 0.6 is 0 Å². The Morgan fingerprint density at radius 1 is 1.14 bits per heavy atom. The van der Waals surface area contributed by atoms with Gasteiger partial charge < -0.3 is 18.9 Å². The highest BCUT2D eigenvalue weighted by molar-refractivity contribution is 5.70. The summed E-state index contributed by atoms with van der Waals surface area (Å²) < 4.78 is 22.2. The smallest absolute Gasteiger partial charge is 0.332 e. The number of carbonyl (C=O) groups is 1. The van der Waals surface area contributed by atoms with Crippen LogP contribution in [0.2, 0.25) is 0 Å². The summed E-state index contributed by atoms with van der Waals surface area (Å²) in [6.45, 7) is 16.1. The lowest BCUT2D eigenvalue weighted by molar-refractivity contribution is -0.174. The highest BCUT2D eigenvalue weighted by atomic mass is 16.8. The standard InChI is InChI=1S/C13H22O5.2C2H6/c1-5-15-10(14)7-16-9-6-8(2)11-12(9)18-13(3,4)17-11;2*1-2/h8-9,11-12H,5-7H2,1-4H3;2*1-2H3/t8?,9?,11-,12+;;/m0../s1. The fraction of sp³-hybridized carbons (Fsp3) is 0.941. The molecule has 1 aliphatic heterocycles. The van der Waals surface area contributed by atoms with Gasteiger partial charge in [-0.2, -0.15) is 0 Å². The minimum atomic E-state index is -0.560. The van der Waals surface area contributed by atoms with Crippen LogP contribution in [0, 0.1) is 5.92 Å². The molecule has 22 heavy (non-hydrogen) atoms. The second kappa shape index (κ2) is 10.2. The third-order valence-electron chi connectivity index (χ3n) is 3.42. The normalized spacial score (nSPS) is 31.3. The Morgan fingerprint density at radius 2 is 1.68 bits per heavy atom. The van der Waals surface area contributed by atoms with Gasteiger partial charge >= 0.3 is 5.97 Å². The number of fused-ring (bicyclic) bond motifs is 1. The monoisotopic (exact) mass is 318 g/mol. The summed E-state index contributed by atoms with van der Waals surface area (Å²) in [5.41, 5.74) is 0. The van der Waals surface area contributed by atoms with Crippen molar-refractivity contribution in [3.63, 3.8) is 0 Å². The molecule has 0 radical (unpaired) electrons. The lowest BCUT2D eigenvalue weighted by Gasteiger charge is -2.22. The SMILES string of the molecule is CC.CC.CCOC(=O)COC1CC(C)[C@@H]2OC(C)(C)O[C@H]12. The number of rotatable bonds is 4. The van der Waals surface area contributed by atoms with Crippen molar-refractivity contribution in [3.8, 4) is 0 Å². The first-order valence-corrected chi connectivity index (χ1v) is 8.56. The van der Waals surface area contributed by atoms with E-state index in [-0.39, 0.29) is 30.9 Å². The molecule has 0 aromatic rings. The molecule has 0 aromatic heterocycles. The zero-order valence-electron chi connectivity index (χ0n) is 15.5. The highest BCUT2D eigenvalue weighted by Crippen LogP contribution is 2.42. The van der Waals surface area contributed by atoms with Gasteiger partial charge in [-0.25, -0.2) is 4.79 Å². The molecule has 5 heteroatoms. The molecular weight excluding hydrogens is 284 g/mol. The second-order valence-corrected chi connectivity index (χ2v) is 5.43. The Balaban J connectivity index is 0.00000102. The Hall–Kier alpha value is -0.650. The maximum absolute atomic E-state index is 11.3. The molecule has 132 valence electrons. The van der Waals surface area contributed by atoms with Gasteiger partial charge in [0.2, 0.25) is 0 Å². The molecule has 0 bridgehead atoms. The summed E-state index contributed by atoms with van der Waals surface area (Å²) in [4.78, 5) is 11.3. The van der Waals surface area contributed by atoms with Crippen molar-refractivity contribution < 1.29 is 23.7 Å². The van der Waals surface area contributed by atoms with E-state index in [2.05, 4.69) is 6.92 Å². The van der Waals surface area contributed by atoms with Crippen molar-refractivity contribution in [3.05, 3.63) is 0 Å². The molecule has 0 amide bonds. The van der Waals surface area contributed by atoms with E-state index in [1.807, 2.05) is 41.5 Å². The summed E-state index contributed by atoms with van der Waals surface area (Å²) in [6, 6.07) is 0. The van der Waals surface area contributed by atoms with Crippen molar-refractivity contribution in [1.29, 1.82) is 0 Å². The van der Waals surface area contributed by atoms with Crippen LogP contribution in [0.25, 0.3) is 0 Å². The third-order valence-corrected chi connectivity index (χ3v) is 3.42. The molecule has 0 spiro atoms. The first-order chi connectivity index (χ1) is 10.4. The third kappa shape index (κ3) is 5.86. The number of hydrogen-bond donors (Lipinski definition) is 0. The average Bonchev–Trinajstić information content (AvgIpc) is 2.96. The molecule has 4 atom stereocenters. The summed E-state index contributed by atoms with van der Waals surface area (Å²) in [5, 5.41) is 0. The Kier molecular flexibility index (Phi) is 9.89. The largest absolute Gasteiger partial charge is 0.464 e. The molecule has 5 nitrogen and oxygen atoms in total. The van der Waals surface area contributed by atoms with Crippen LogP contribution in [-0.2, 0) is 23.7 Å². The predicted molar refractivity (Wildman–Crippen MR) is 86.7 cm³/mol. The fourth-order valence-corrected chi connectivity index (χ4v) is 2.72. The zero-order valence-corrected chi connectivity index (χ0v) is 15.5. The van der Waals surface area contributed by atoms with E-state index < -0.39 is 5.79 Å². The van der Waals surface area contributed by atoms with Crippen molar-refractivity contribution >= 4 is 5.97 Å². The van der Waals surface area contributed by atoms with E-state index in [9.17, 15) is 4.79 Å². The Bertz CT molecular complexity index is 316. The first-order valence-electron chi connectivity index (χ1n) is 8.56. The Morgan fingerprint density at radius 3 is 2.23 bits per heavy atom. The first kappa shape index (κ1) is 21.4. The van der Waals surface area contributed by atoms with Gasteiger partial charge in [0.15, 0.2) is 5.79 Å². The quantitative estimate of drug-likeness (QED) is 0.742. The van der Waals surface area contributed by atoms with Crippen LogP contribution in [0.15, 0.2) is 0 Å². The number of ether oxygens (including phenoxy) is 4. The molecule has 2 fully saturated rings. The van der Waals surface area contributed by atoms with Crippen LogP contribution in [-0.4, -0.2) is 43.3 Å². The van der Waals surface area contributed by atoms with E-state index in [0.29, 0.717) is 12.5 Å². The van der Waals surface area contributed by atoms with Crippen LogP contribution in [0.5, 0.6) is 0 Å². The van der Waals surface area contributed by atoms with E-state index in [0.717, 1.165) is 6.42 Å². The molecule has 2 aliphatic rings. The molecule has 0 N–H and O–H groups in total. The predicted octanol–water partition coefficient (Wildman–Crippen LogP) is 3.55. The van der Waals surface area contributed by atoms with Gasteiger partial charge in [-0.05, 0) is 33.1 Å². The van der Waals surface area contributed by atoms with Crippen molar-refractivity contribution in [2.24, 2.45) is 5.92 Å². The van der Waals surface area contributed by atoms with E-state index in [4.69, 9.17) is 18.9 Å². The highest BCUT2D eigenvalue weighted by Gasteiger charge is 2.53. The van der Waals surface area contributed by atoms with Crippen LogP contribution in [0.4, 0.5) is 0 Å². The van der Waals surface area contributed by atoms with E-state index in [1.54, 1.807) is 6.92 Å². The summed E-state index contributed by atoms with van der Waals surface area (Å²) in [7, 11) is 0. The number of carbonyl (C=O) groups excluding carboxylic acids is 1. The number of esters is 1. The summed E-state index contributed by atoms with van der Waals surface area (Å²) >= 11 is 0. The van der Waals surface area contributed by atoms with Gasteiger partial charge in [-0.1, -0.05) is 34.6 Å². The second-order valence-electron chi connectivity index (χ2n) is 5.43. The summed E-state index contributed by atoms with van der Waals surface area (Å²) in [5.74, 6) is -0.508. The van der Waals surface area contributed by atoms with Crippen molar-refractivity contribution in [2.75, 3.05) is 13.2 Å². The molecule has 2 unspecified atom stereocenters. The van der Waals surface area contributed by atoms with Crippen LogP contribution in [0.1, 0.15) is 61.8 Å². The zero-order chi connectivity index (χ0) is 17.3. The Labute approximate surface area is 135 Å². The van der Waals surface area contributed by atoms with E-state index >= 15 is 0 Å². The van der Waals surface area contributed by atoms with Gasteiger partial charge in [0.25, 0.3) is 0 Å². The number of hydrogen-bond acceptors (Lipinski definition) is 5. The minimum absolute atomic E-state index is 0.0156. The maximum atomic E-state index is 11.3. The van der Waals surface area contributed by atoms with Gasteiger partial charge in [-0.15, -0.1) is 0 Å². The fourth-order valence-electron chi connectivity index (χ4n) is 2.72. The lowest BCUT2D eigenvalue weighted by Crippen LogP contribution is -2.32. The molecule has 2 rings (SSSR count). The molecular formula is C17H34O5. The van der Waals surface area contributed by atoms with Gasteiger partial charge in [0, 0.05) is 0 Å². The van der Waals surface area contributed by atoms with E-state index in [1.165, 1.54) is 0 Å². The topological polar surface area (TPSA) is 54.0 Å². The molecule has 1 aliphatic carbocycles. The molecule has 1 heterocycles.